The zero-order valence-electron chi connectivity index (χ0n) is 12.7. The van der Waals surface area contributed by atoms with Crippen molar-refractivity contribution in [3.05, 3.63) is 59.6 Å². The number of hydrogen-bond acceptors (Lipinski definition) is 5. The smallest absolute Gasteiger partial charge is 0.265 e. The molecule has 0 unspecified atom stereocenters. The summed E-state index contributed by atoms with van der Waals surface area (Å²) in [7, 11) is 0. The van der Waals surface area contributed by atoms with Crippen LogP contribution in [-0.4, -0.2) is 24.1 Å². The highest BCUT2D eigenvalue weighted by Crippen LogP contribution is 2.33. The maximum atomic E-state index is 12.4. The largest absolute Gasteiger partial charge is 0.486 e. The summed E-state index contributed by atoms with van der Waals surface area (Å²) in [5.74, 6) is 1.20. The van der Waals surface area contributed by atoms with E-state index in [0.29, 0.717) is 35.3 Å². The predicted molar refractivity (Wildman–Crippen MR) is 92.9 cm³/mol. The lowest BCUT2D eigenvalue weighted by atomic mass is 10.2. The Morgan fingerprint density at radius 2 is 1.92 bits per heavy atom. The Morgan fingerprint density at radius 3 is 2.75 bits per heavy atom. The molecule has 0 atom stereocenters. The SMILES string of the molecule is O=C(Nc1ccc2c(c1)OCCO2)c1ccc(-c2ccccn2)s1. The Balaban J connectivity index is 1.51. The number of anilines is 1. The first kappa shape index (κ1) is 14.7. The van der Waals surface area contributed by atoms with Crippen molar-refractivity contribution in [2.75, 3.05) is 18.5 Å². The monoisotopic (exact) mass is 338 g/mol. The second-order valence-electron chi connectivity index (χ2n) is 5.19. The molecule has 1 aliphatic heterocycles. The molecule has 0 saturated carbocycles. The molecule has 4 rings (SSSR count). The van der Waals surface area contributed by atoms with Gasteiger partial charge in [-0.1, -0.05) is 6.07 Å². The number of ether oxygens (including phenoxy) is 2. The predicted octanol–water partition coefficient (Wildman–Crippen LogP) is 3.83. The number of amides is 1. The van der Waals surface area contributed by atoms with Crippen molar-refractivity contribution in [2.45, 2.75) is 0 Å². The van der Waals surface area contributed by atoms with Gasteiger partial charge in [0.25, 0.3) is 5.91 Å². The first-order valence-electron chi connectivity index (χ1n) is 7.52. The van der Waals surface area contributed by atoms with Crippen LogP contribution in [0.25, 0.3) is 10.6 Å². The number of nitrogens with one attached hydrogen (secondary N) is 1. The van der Waals surface area contributed by atoms with Crippen LogP contribution >= 0.6 is 11.3 Å². The van der Waals surface area contributed by atoms with E-state index in [9.17, 15) is 4.79 Å². The molecule has 6 heteroatoms. The highest BCUT2D eigenvalue weighted by Gasteiger charge is 2.15. The standard InChI is InChI=1S/C18H14N2O3S/c21-18(17-7-6-16(24-17)13-3-1-2-8-19-13)20-12-4-5-14-15(11-12)23-10-9-22-14/h1-8,11H,9-10H2,(H,20,21). The molecule has 3 aromatic rings. The minimum absolute atomic E-state index is 0.154. The first-order valence-corrected chi connectivity index (χ1v) is 8.33. The summed E-state index contributed by atoms with van der Waals surface area (Å²) in [6.45, 7) is 1.06. The van der Waals surface area contributed by atoms with Gasteiger partial charge in [0, 0.05) is 18.0 Å². The normalized spacial score (nSPS) is 12.7. The zero-order chi connectivity index (χ0) is 16.4. The molecular formula is C18H14N2O3S. The topological polar surface area (TPSA) is 60.5 Å². The van der Waals surface area contributed by atoms with Crippen molar-refractivity contribution in [3.8, 4) is 22.1 Å². The molecule has 5 nitrogen and oxygen atoms in total. The number of nitrogens with zero attached hydrogens (tertiary/aromatic N) is 1. The van der Waals surface area contributed by atoms with Gasteiger partial charge in [0.15, 0.2) is 11.5 Å². The number of pyridine rings is 1. The minimum atomic E-state index is -0.154. The molecule has 1 N–H and O–H groups in total. The number of carbonyl (C=O) groups excluding carboxylic acids is 1. The number of benzene rings is 1. The second-order valence-corrected chi connectivity index (χ2v) is 6.28. The number of carbonyl (C=O) groups is 1. The van der Waals surface area contributed by atoms with Gasteiger partial charge < -0.3 is 14.8 Å². The van der Waals surface area contributed by atoms with Crippen LogP contribution in [0.3, 0.4) is 0 Å². The molecule has 0 bridgehead atoms. The molecule has 1 aliphatic rings. The van der Waals surface area contributed by atoms with Crippen LogP contribution in [0, 0.1) is 0 Å². The van der Waals surface area contributed by atoms with Crippen LogP contribution in [-0.2, 0) is 0 Å². The first-order chi connectivity index (χ1) is 11.8. The third-order valence-electron chi connectivity index (χ3n) is 3.55. The van der Waals surface area contributed by atoms with Gasteiger partial charge in [0.1, 0.15) is 13.2 Å². The Hall–Kier alpha value is -2.86. The maximum absolute atomic E-state index is 12.4. The van der Waals surface area contributed by atoms with Gasteiger partial charge in [-0.3, -0.25) is 9.78 Å². The molecule has 0 saturated heterocycles. The third-order valence-corrected chi connectivity index (χ3v) is 4.65. The molecule has 120 valence electrons. The lowest BCUT2D eigenvalue weighted by Crippen LogP contribution is -2.16. The molecule has 24 heavy (non-hydrogen) atoms. The van der Waals surface area contributed by atoms with E-state index in [-0.39, 0.29) is 5.91 Å². The third kappa shape index (κ3) is 2.96. The van der Waals surface area contributed by atoms with Crippen molar-refractivity contribution in [1.82, 2.24) is 4.98 Å². The van der Waals surface area contributed by atoms with Gasteiger partial charge in [0.05, 0.1) is 15.4 Å². The quantitative estimate of drug-likeness (QED) is 0.788. The summed E-state index contributed by atoms with van der Waals surface area (Å²) in [6.07, 6.45) is 1.74. The Bertz CT molecular complexity index is 877. The van der Waals surface area contributed by atoms with Crippen molar-refractivity contribution < 1.29 is 14.3 Å². The van der Waals surface area contributed by atoms with E-state index >= 15 is 0 Å². The average molecular weight is 338 g/mol. The van der Waals surface area contributed by atoms with Crippen LogP contribution in [0.15, 0.2) is 54.7 Å². The fourth-order valence-electron chi connectivity index (χ4n) is 2.42. The lowest BCUT2D eigenvalue weighted by Gasteiger charge is -2.18. The van der Waals surface area contributed by atoms with E-state index < -0.39 is 0 Å². The van der Waals surface area contributed by atoms with E-state index in [1.807, 2.05) is 30.3 Å². The summed E-state index contributed by atoms with van der Waals surface area (Å²) in [5.41, 5.74) is 1.54. The van der Waals surface area contributed by atoms with Gasteiger partial charge in [-0.15, -0.1) is 11.3 Å². The fourth-order valence-corrected chi connectivity index (χ4v) is 3.30. The molecule has 1 amide bonds. The number of hydrogen-bond donors (Lipinski definition) is 1. The van der Waals surface area contributed by atoms with Crippen molar-refractivity contribution >= 4 is 22.9 Å². The number of aromatic nitrogens is 1. The molecule has 0 radical (unpaired) electrons. The average Bonchev–Trinajstić information content (AvgIpc) is 3.13. The van der Waals surface area contributed by atoms with Gasteiger partial charge >= 0.3 is 0 Å². The lowest BCUT2D eigenvalue weighted by molar-refractivity contribution is 0.103. The van der Waals surface area contributed by atoms with E-state index in [1.54, 1.807) is 24.4 Å². The highest BCUT2D eigenvalue weighted by molar-refractivity contribution is 7.17. The van der Waals surface area contributed by atoms with Crippen molar-refractivity contribution in [3.63, 3.8) is 0 Å². The second kappa shape index (κ2) is 6.33. The van der Waals surface area contributed by atoms with Crippen molar-refractivity contribution in [1.29, 1.82) is 0 Å². The van der Waals surface area contributed by atoms with E-state index in [0.717, 1.165) is 10.6 Å². The molecular weight excluding hydrogens is 324 g/mol. The summed E-state index contributed by atoms with van der Waals surface area (Å²) in [5, 5.41) is 2.89. The van der Waals surface area contributed by atoms with Crippen LogP contribution in [0.4, 0.5) is 5.69 Å². The fraction of sp³-hybridized carbons (Fsp3) is 0.111. The van der Waals surface area contributed by atoms with Crippen LogP contribution < -0.4 is 14.8 Å². The Labute approximate surface area is 142 Å². The highest BCUT2D eigenvalue weighted by atomic mass is 32.1. The zero-order valence-corrected chi connectivity index (χ0v) is 13.5. The summed E-state index contributed by atoms with van der Waals surface area (Å²) in [4.78, 5) is 18.3. The maximum Gasteiger partial charge on any atom is 0.265 e. The van der Waals surface area contributed by atoms with Crippen LogP contribution in [0.1, 0.15) is 9.67 Å². The van der Waals surface area contributed by atoms with E-state index in [1.165, 1.54) is 11.3 Å². The van der Waals surface area contributed by atoms with Crippen LogP contribution in [0.5, 0.6) is 11.5 Å². The molecule has 1 aromatic carbocycles. The number of rotatable bonds is 3. The summed E-state index contributed by atoms with van der Waals surface area (Å²) < 4.78 is 11.0. The van der Waals surface area contributed by atoms with E-state index in [2.05, 4.69) is 10.3 Å². The minimum Gasteiger partial charge on any atom is -0.486 e. The van der Waals surface area contributed by atoms with Crippen LogP contribution in [0.2, 0.25) is 0 Å². The molecule has 0 fully saturated rings. The van der Waals surface area contributed by atoms with Gasteiger partial charge in [0.2, 0.25) is 0 Å². The molecule has 0 spiro atoms. The summed E-state index contributed by atoms with van der Waals surface area (Å²) >= 11 is 1.41. The Kier molecular flexibility index (Phi) is 3.88. The molecule has 3 heterocycles. The Morgan fingerprint density at radius 1 is 1.04 bits per heavy atom. The van der Waals surface area contributed by atoms with Gasteiger partial charge in [-0.25, -0.2) is 0 Å². The van der Waals surface area contributed by atoms with Gasteiger partial charge in [-0.2, -0.15) is 0 Å². The summed E-state index contributed by atoms with van der Waals surface area (Å²) in [6, 6.07) is 14.8. The molecule has 0 aliphatic carbocycles. The van der Waals surface area contributed by atoms with E-state index in [4.69, 9.17) is 9.47 Å². The number of fused-ring (bicyclic) bond motifs is 1. The van der Waals surface area contributed by atoms with Gasteiger partial charge in [-0.05, 0) is 36.4 Å². The van der Waals surface area contributed by atoms with Crippen molar-refractivity contribution in [2.24, 2.45) is 0 Å². The molecule has 2 aromatic heterocycles. The number of thiophene rings is 1.